The van der Waals surface area contributed by atoms with Gasteiger partial charge in [0.2, 0.25) is 5.91 Å². The Morgan fingerprint density at radius 2 is 1.84 bits per heavy atom. The molecular formula is C20H25NO4. The van der Waals surface area contributed by atoms with Crippen LogP contribution in [0.4, 0.5) is 0 Å². The zero-order valence-electron chi connectivity index (χ0n) is 14.7. The maximum Gasteiger partial charge on any atom is 0.308 e. The number of hydrogen-bond donors (Lipinski definition) is 2. The summed E-state index contributed by atoms with van der Waals surface area (Å²) in [5, 5.41) is 14.3. The molecule has 2 aromatic rings. The standard InChI is InChI=1S/C20H25NO4/c1-14(2)25-11-10-19(22)21-13-17(20(23)24)12-16-8-5-7-15-6-3-4-9-18(15)16/h3-9,14,17H,10-13H2,1-2H3,(H,21,22)(H,23,24). The van der Waals surface area contributed by atoms with Crippen molar-refractivity contribution in [3.8, 4) is 0 Å². The van der Waals surface area contributed by atoms with Gasteiger partial charge in [-0.15, -0.1) is 0 Å². The van der Waals surface area contributed by atoms with E-state index in [1.54, 1.807) is 0 Å². The van der Waals surface area contributed by atoms with Crippen LogP contribution < -0.4 is 5.32 Å². The number of carboxylic acid groups (broad SMARTS) is 1. The molecule has 0 spiro atoms. The number of hydrogen-bond acceptors (Lipinski definition) is 3. The second kappa shape index (κ2) is 9.18. The van der Waals surface area contributed by atoms with E-state index < -0.39 is 11.9 Å². The van der Waals surface area contributed by atoms with Crippen molar-refractivity contribution >= 4 is 22.6 Å². The van der Waals surface area contributed by atoms with Gasteiger partial charge in [-0.05, 0) is 36.6 Å². The minimum absolute atomic E-state index is 0.0749. The predicted molar refractivity (Wildman–Crippen MR) is 97.5 cm³/mol. The first-order chi connectivity index (χ1) is 12.0. The Kier molecular flexibility index (Phi) is 6.95. The highest BCUT2D eigenvalue weighted by molar-refractivity contribution is 5.86. The van der Waals surface area contributed by atoms with Crippen molar-refractivity contribution in [2.75, 3.05) is 13.2 Å². The molecule has 1 atom stereocenters. The van der Waals surface area contributed by atoms with E-state index >= 15 is 0 Å². The highest BCUT2D eigenvalue weighted by Crippen LogP contribution is 2.21. The molecule has 0 aromatic heterocycles. The number of aliphatic carboxylic acids is 1. The van der Waals surface area contributed by atoms with Gasteiger partial charge in [0.25, 0.3) is 0 Å². The van der Waals surface area contributed by atoms with Crippen molar-refractivity contribution < 1.29 is 19.4 Å². The Morgan fingerprint density at radius 3 is 2.56 bits per heavy atom. The van der Waals surface area contributed by atoms with E-state index in [1.165, 1.54) is 0 Å². The van der Waals surface area contributed by atoms with Crippen LogP contribution in [0.25, 0.3) is 10.8 Å². The lowest BCUT2D eigenvalue weighted by molar-refractivity contribution is -0.141. The number of amides is 1. The van der Waals surface area contributed by atoms with E-state index in [9.17, 15) is 14.7 Å². The SMILES string of the molecule is CC(C)OCCC(=O)NCC(Cc1cccc2ccccc12)C(=O)O. The van der Waals surface area contributed by atoms with E-state index in [2.05, 4.69) is 5.32 Å². The van der Waals surface area contributed by atoms with Crippen LogP contribution in [-0.4, -0.2) is 36.2 Å². The molecule has 25 heavy (non-hydrogen) atoms. The molecular weight excluding hydrogens is 318 g/mol. The number of carboxylic acids is 1. The summed E-state index contributed by atoms with van der Waals surface area (Å²) in [4.78, 5) is 23.4. The van der Waals surface area contributed by atoms with Gasteiger partial charge in [-0.2, -0.15) is 0 Å². The lowest BCUT2D eigenvalue weighted by Crippen LogP contribution is -2.34. The lowest BCUT2D eigenvalue weighted by atomic mass is 9.95. The maximum absolute atomic E-state index is 11.8. The Morgan fingerprint density at radius 1 is 1.12 bits per heavy atom. The quantitative estimate of drug-likeness (QED) is 0.734. The Labute approximate surface area is 148 Å². The maximum atomic E-state index is 11.8. The van der Waals surface area contributed by atoms with Crippen molar-refractivity contribution in [2.45, 2.75) is 32.8 Å². The number of rotatable bonds is 9. The average Bonchev–Trinajstić information content (AvgIpc) is 2.58. The largest absolute Gasteiger partial charge is 0.481 e. The van der Waals surface area contributed by atoms with Gasteiger partial charge in [-0.1, -0.05) is 42.5 Å². The molecule has 0 radical (unpaired) electrons. The molecule has 0 aliphatic carbocycles. The van der Waals surface area contributed by atoms with Gasteiger partial charge in [-0.25, -0.2) is 0 Å². The van der Waals surface area contributed by atoms with Crippen LogP contribution >= 0.6 is 0 Å². The Bertz CT molecular complexity index is 721. The summed E-state index contributed by atoms with van der Waals surface area (Å²) < 4.78 is 5.33. The van der Waals surface area contributed by atoms with Crippen LogP contribution in [0.3, 0.4) is 0 Å². The van der Waals surface area contributed by atoms with Gasteiger partial charge in [0, 0.05) is 13.0 Å². The molecule has 0 aliphatic rings. The van der Waals surface area contributed by atoms with Crippen molar-refractivity contribution in [2.24, 2.45) is 5.92 Å². The topological polar surface area (TPSA) is 75.6 Å². The Hall–Kier alpha value is -2.40. The molecule has 1 amide bonds. The zero-order valence-corrected chi connectivity index (χ0v) is 14.7. The minimum Gasteiger partial charge on any atom is -0.481 e. The van der Waals surface area contributed by atoms with Crippen LogP contribution in [0.1, 0.15) is 25.8 Å². The van der Waals surface area contributed by atoms with Crippen LogP contribution in [0, 0.1) is 5.92 Å². The summed E-state index contributed by atoms with van der Waals surface area (Å²) in [6, 6.07) is 13.8. The fourth-order valence-corrected chi connectivity index (χ4v) is 2.70. The number of benzene rings is 2. The molecule has 1 unspecified atom stereocenters. The van der Waals surface area contributed by atoms with Crippen LogP contribution in [-0.2, 0) is 20.7 Å². The smallest absolute Gasteiger partial charge is 0.308 e. The minimum atomic E-state index is -0.910. The first kappa shape index (κ1) is 18.9. The zero-order chi connectivity index (χ0) is 18.2. The summed E-state index contributed by atoms with van der Waals surface area (Å²) in [6.07, 6.45) is 0.684. The number of fused-ring (bicyclic) bond motifs is 1. The van der Waals surface area contributed by atoms with Crippen molar-refractivity contribution in [3.63, 3.8) is 0 Å². The molecule has 134 valence electrons. The second-order valence-electron chi connectivity index (χ2n) is 6.35. The molecule has 2 N–H and O–H groups in total. The Balaban J connectivity index is 1.97. The summed E-state index contributed by atoms with van der Waals surface area (Å²) in [5.74, 6) is -1.77. The monoisotopic (exact) mass is 343 g/mol. The van der Waals surface area contributed by atoms with Gasteiger partial charge in [-0.3, -0.25) is 9.59 Å². The van der Waals surface area contributed by atoms with Gasteiger partial charge in [0.15, 0.2) is 0 Å². The van der Waals surface area contributed by atoms with Crippen LogP contribution in [0.5, 0.6) is 0 Å². The summed E-state index contributed by atoms with van der Waals surface area (Å²) in [5.41, 5.74) is 0.975. The molecule has 2 aromatic carbocycles. The summed E-state index contributed by atoms with van der Waals surface area (Å²) in [7, 11) is 0. The number of ether oxygens (including phenoxy) is 1. The molecule has 0 fully saturated rings. The van der Waals surface area contributed by atoms with Gasteiger partial charge >= 0.3 is 5.97 Å². The molecule has 0 bridgehead atoms. The van der Waals surface area contributed by atoms with Gasteiger partial charge in [0.1, 0.15) is 0 Å². The van der Waals surface area contributed by atoms with E-state index in [4.69, 9.17) is 4.74 Å². The average molecular weight is 343 g/mol. The molecule has 0 aliphatic heterocycles. The van der Waals surface area contributed by atoms with E-state index in [0.717, 1.165) is 16.3 Å². The third kappa shape index (κ3) is 5.87. The number of carbonyl (C=O) groups excluding carboxylic acids is 1. The van der Waals surface area contributed by atoms with Crippen molar-refractivity contribution in [1.29, 1.82) is 0 Å². The summed E-state index contributed by atoms with van der Waals surface area (Å²) in [6.45, 7) is 4.26. The van der Waals surface area contributed by atoms with Crippen molar-refractivity contribution in [3.05, 3.63) is 48.0 Å². The fourth-order valence-electron chi connectivity index (χ4n) is 2.70. The molecule has 2 rings (SSSR count). The first-order valence-corrected chi connectivity index (χ1v) is 8.55. The second-order valence-corrected chi connectivity index (χ2v) is 6.35. The molecule has 5 nitrogen and oxygen atoms in total. The van der Waals surface area contributed by atoms with E-state index in [0.29, 0.717) is 13.0 Å². The third-order valence-electron chi connectivity index (χ3n) is 4.02. The van der Waals surface area contributed by atoms with Crippen molar-refractivity contribution in [1.82, 2.24) is 5.32 Å². The van der Waals surface area contributed by atoms with Crippen LogP contribution in [0.2, 0.25) is 0 Å². The van der Waals surface area contributed by atoms with E-state index in [-0.39, 0.29) is 25.0 Å². The highest BCUT2D eigenvalue weighted by Gasteiger charge is 2.20. The van der Waals surface area contributed by atoms with E-state index in [1.807, 2.05) is 56.3 Å². The molecule has 0 saturated heterocycles. The van der Waals surface area contributed by atoms with Crippen LogP contribution in [0.15, 0.2) is 42.5 Å². The normalized spacial score (nSPS) is 12.3. The molecule has 0 heterocycles. The first-order valence-electron chi connectivity index (χ1n) is 8.55. The fraction of sp³-hybridized carbons (Fsp3) is 0.400. The molecule has 5 heteroatoms. The lowest BCUT2D eigenvalue weighted by Gasteiger charge is -2.15. The predicted octanol–water partition coefficient (Wildman–Crippen LogP) is 3.01. The number of carbonyl (C=O) groups is 2. The molecule has 0 saturated carbocycles. The summed E-state index contributed by atoms with van der Waals surface area (Å²) >= 11 is 0. The van der Waals surface area contributed by atoms with Gasteiger partial charge in [0.05, 0.1) is 18.6 Å². The highest BCUT2D eigenvalue weighted by atomic mass is 16.5. The number of nitrogens with one attached hydrogen (secondary N) is 1. The third-order valence-corrected chi connectivity index (χ3v) is 4.02. The van der Waals surface area contributed by atoms with Gasteiger partial charge < -0.3 is 15.2 Å².